The van der Waals surface area contributed by atoms with Gasteiger partial charge in [0.1, 0.15) is 11.6 Å². The highest BCUT2D eigenvalue weighted by Gasteiger charge is 2.34. The van der Waals surface area contributed by atoms with Crippen LogP contribution in [0.15, 0.2) is 41.1 Å². The van der Waals surface area contributed by atoms with Crippen LogP contribution in [-0.2, 0) is 16.1 Å². The van der Waals surface area contributed by atoms with Gasteiger partial charge in [-0.1, -0.05) is 0 Å². The fourth-order valence-electron chi connectivity index (χ4n) is 2.52. The first-order valence-electron chi connectivity index (χ1n) is 7.15. The van der Waals surface area contributed by atoms with Gasteiger partial charge in [0.05, 0.1) is 18.7 Å². The van der Waals surface area contributed by atoms with Gasteiger partial charge in [-0.3, -0.25) is 9.59 Å². The second-order valence-corrected chi connectivity index (χ2v) is 5.46. The summed E-state index contributed by atoms with van der Waals surface area (Å²) in [6, 6.07) is 7.26. The first-order valence-corrected chi connectivity index (χ1v) is 7.15. The van der Waals surface area contributed by atoms with E-state index >= 15 is 0 Å². The summed E-state index contributed by atoms with van der Waals surface area (Å²) in [4.78, 5) is 30.0. The van der Waals surface area contributed by atoms with Crippen molar-refractivity contribution in [2.75, 3.05) is 11.9 Å². The summed E-state index contributed by atoms with van der Waals surface area (Å²) in [6.07, 6.45) is 3.44. The zero-order valence-corrected chi connectivity index (χ0v) is 12.3. The van der Waals surface area contributed by atoms with E-state index in [4.69, 9.17) is 4.42 Å². The molecule has 1 aliphatic heterocycles. The van der Waals surface area contributed by atoms with Crippen molar-refractivity contribution in [3.63, 3.8) is 0 Å². The van der Waals surface area contributed by atoms with Crippen molar-refractivity contribution < 1.29 is 14.0 Å². The number of nitrogens with one attached hydrogen (secondary N) is 1. The molecule has 1 atom stereocenters. The molecule has 1 N–H and O–H groups in total. The number of pyridine rings is 1. The van der Waals surface area contributed by atoms with Crippen LogP contribution in [-0.4, -0.2) is 28.2 Å². The molecule has 0 saturated carbocycles. The maximum atomic E-state index is 12.3. The minimum Gasteiger partial charge on any atom is -0.467 e. The molecule has 114 valence electrons. The number of carbonyl (C=O) groups is 2. The van der Waals surface area contributed by atoms with Crippen LogP contribution in [0.1, 0.15) is 17.7 Å². The van der Waals surface area contributed by atoms with Crippen molar-refractivity contribution in [3.05, 3.63) is 48.0 Å². The number of aromatic nitrogens is 1. The van der Waals surface area contributed by atoms with Crippen LogP contribution < -0.4 is 5.32 Å². The second-order valence-electron chi connectivity index (χ2n) is 5.46. The summed E-state index contributed by atoms with van der Waals surface area (Å²) in [5.74, 6) is 0.670. The molecule has 1 aliphatic rings. The lowest BCUT2D eigenvalue weighted by Gasteiger charge is -2.15. The Balaban J connectivity index is 1.61. The van der Waals surface area contributed by atoms with Crippen LogP contribution in [0.5, 0.6) is 0 Å². The van der Waals surface area contributed by atoms with Crippen molar-refractivity contribution >= 4 is 17.6 Å². The van der Waals surface area contributed by atoms with E-state index in [0.717, 1.165) is 11.3 Å². The summed E-state index contributed by atoms with van der Waals surface area (Å²) >= 11 is 0. The molecule has 2 aromatic heterocycles. The van der Waals surface area contributed by atoms with Gasteiger partial charge in [0.15, 0.2) is 0 Å². The monoisotopic (exact) mass is 299 g/mol. The zero-order valence-electron chi connectivity index (χ0n) is 12.3. The summed E-state index contributed by atoms with van der Waals surface area (Å²) in [6.45, 7) is 2.73. The van der Waals surface area contributed by atoms with E-state index in [1.54, 1.807) is 29.5 Å². The Morgan fingerprint density at radius 3 is 3.09 bits per heavy atom. The van der Waals surface area contributed by atoms with Crippen LogP contribution in [0.3, 0.4) is 0 Å². The predicted octanol–water partition coefficient (Wildman–Crippen LogP) is 1.97. The third-order valence-electron chi connectivity index (χ3n) is 3.68. The van der Waals surface area contributed by atoms with Crippen LogP contribution in [0.2, 0.25) is 0 Å². The number of likely N-dealkylation sites (tertiary alicyclic amines) is 1. The molecular weight excluding hydrogens is 282 g/mol. The molecule has 3 heterocycles. The standard InChI is InChI=1S/C16H17N3O3/c1-11-4-5-17-14(7-11)18-16(21)12-8-15(20)19(9-12)10-13-3-2-6-22-13/h2-7,12H,8-10H2,1H3,(H,17,18,21). The Bertz CT molecular complexity index is 682. The lowest BCUT2D eigenvalue weighted by Crippen LogP contribution is -2.28. The SMILES string of the molecule is Cc1ccnc(NC(=O)C2CC(=O)N(Cc3ccco3)C2)c1. The first-order chi connectivity index (χ1) is 10.6. The molecule has 1 fully saturated rings. The minimum absolute atomic E-state index is 0.0336. The van der Waals surface area contributed by atoms with E-state index in [1.807, 2.05) is 19.1 Å². The van der Waals surface area contributed by atoms with Crippen LogP contribution in [0.25, 0.3) is 0 Å². The molecule has 0 aliphatic carbocycles. The highest BCUT2D eigenvalue weighted by Crippen LogP contribution is 2.21. The van der Waals surface area contributed by atoms with Crippen LogP contribution in [0.4, 0.5) is 5.82 Å². The fourth-order valence-corrected chi connectivity index (χ4v) is 2.52. The van der Waals surface area contributed by atoms with Gasteiger partial charge in [0.25, 0.3) is 0 Å². The topological polar surface area (TPSA) is 75.4 Å². The number of amides is 2. The van der Waals surface area contributed by atoms with Crippen molar-refractivity contribution in [1.82, 2.24) is 9.88 Å². The van der Waals surface area contributed by atoms with E-state index in [1.165, 1.54) is 0 Å². The van der Waals surface area contributed by atoms with Gasteiger partial charge in [-0.25, -0.2) is 4.98 Å². The Labute approximate surface area is 128 Å². The van der Waals surface area contributed by atoms with Gasteiger partial charge in [-0.2, -0.15) is 0 Å². The van der Waals surface area contributed by atoms with Crippen LogP contribution in [0, 0.1) is 12.8 Å². The Morgan fingerprint density at radius 1 is 1.50 bits per heavy atom. The number of furan rings is 1. The Hall–Kier alpha value is -2.63. The van der Waals surface area contributed by atoms with Crippen LogP contribution >= 0.6 is 0 Å². The normalized spacial score (nSPS) is 17.8. The summed E-state index contributed by atoms with van der Waals surface area (Å²) in [5, 5.41) is 2.77. The van der Waals surface area contributed by atoms with Gasteiger partial charge in [0, 0.05) is 19.2 Å². The molecule has 0 radical (unpaired) electrons. The molecule has 1 saturated heterocycles. The van der Waals surface area contributed by atoms with Gasteiger partial charge in [0.2, 0.25) is 11.8 Å². The second kappa shape index (κ2) is 6.01. The maximum absolute atomic E-state index is 12.3. The molecular formula is C16H17N3O3. The average Bonchev–Trinajstić information content (AvgIpc) is 3.10. The number of rotatable bonds is 4. The van der Waals surface area contributed by atoms with Crippen molar-refractivity contribution in [2.45, 2.75) is 19.9 Å². The highest BCUT2D eigenvalue weighted by molar-refractivity contribution is 5.96. The Kier molecular flexibility index (Phi) is 3.91. The molecule has 2 amide bonds. The molecule has 3 rings (SSSR count). The molecule has 0 spiro atoms. The molecule has 22 heavy (non-hydrogen) atoms. The molecule has 6 nitrogen and oxygen atoms in total. The maximum Gasteiger partial charge on any atom is 0.230 e. The minimum atomic E-state index is -0.357. The lowest BCUT2D eigenvalue weighted by atomic mass is 10.1. The Morgan fingerprint density at radius 2 is 2.36 bits per heavy atom. The number of aryl methyl sites for hydroxylation is 1. The number of carbonyl (C=O) groups excluding carboxylic acids is 2. The van der Waals surface area contributed by atoms with Gasteiger partial charge in [-0.05, 0) is 36.8 Å². The molecule has 2 aromatic rings. The number of anilines is 1. The summed E-state index contributed by atoms with van der Waals surface area (Å²) < 4.78 is 5.24. The molecule has 0 bridgehead atoms. The molecule has 1 unspecified atom stereocenters. The van der Waals surface area contributed by atoms with Gasteiger partial charge < -0.3 is 14.6 Å². The summed E-state index contributed by atoms with van der Waals surface area (Å²) in [5.41, 5.74) is 1.02. The van der Waals surface area contributed by atoms with E-state index < -0.39 is 0 Å². The van der Waals surface area contributed by atoms with E-state index in [2.05, 4.69) is 10.3 Å². The number of nitrogens with zero attached hydrogens (tertiary/aromatic N) is 2. The average molecular weight is 299 g/mol. The first kappa shape index (κ1) is 14.3. The summed E-state index contributed by atoms with van der Waals surface area (Å²) in [7, 11) is 0. The fraction of sp³-hybridized carbons (Fsp3) is 0.312. The number of hydrogen-bond donors (Lipinski definition) is 1. The quantitative estimate of drug-likeness (QED) is 0.936. The zero-order chi connectivity index (χ0) is 15.5. The van der Waals surface area contributed by atoms with E-state index in [-0.39, 0.29) is 24.2 Å². The largest absolute Gasteiger partial charge is 0.467 e. The third-order valence-corrected chi connectivity index (χ3v) is 3.68. The van der Waals surface area contributed by atoms with Crippen molar-refractivity contribution in [3.8, 4) is 0 Å². The van der Waals surface area contributed by atoms with E-state index in [9.17, 15) is 9.59 Å². The van der Waals surface area contributed by atoms with Gasteiger partial charge >= 0.3 is 0 Å². The lowest BCUT2D eigenvalue weighted by molar-refractivity contribution is -0.128. The van der Waals surface area contributed by atoms with Crippen molar-refractivity contribution in [2.24, 2.45) is 5.92 Å². The molecule has 0 aromatic carbocycles. The molecule has 6 heteroatoms. The highest BCUT2D eigenvalue weighted by atomic mass is 16.3. The van der Waals surface area contributed by atoms with Gasteiger partial charge in [-0.15, -0.1) is 0 Å². The number of hydrogen-bond acceptors (Lipinski definition) is 4. The van der Waals surface area contributed by atoms with Crippen molar-refractivity contribution in [1.29, 1.82) is 0 Å². The van der Waals surface area contributed by atoms with E-state index in [0.29, 0.717) is 18.9 Å². The smallest absolute Gasteiger partial charge is 0.230 e. The predicted molar refractivity (Wildman–Crippen MR) is 79.8 cm³/mol. The third kappa shape index (κ3) is 3.16.